The lowest BCUT2D eigenvalue weighted by atomic mass is 9.83. The summed E-state index contributed by atoms with van der Waals surface area (Å²) in [4.78, 5) is 10.1. The average Bonchev–Trinajstić information content (AvgIpc) is 3.19. The summed E-state index contributed by atoms with van der Waals surface area (Å²) < 4.78 is 1.98. The molecule has 30 heavy (non-hydrogen) atoms. The van der Waals surface area contributed by atoms with Crippen LogP contribution in [0, 0.1) is 12.8 Å². The van der Waals surface area contributed by atoms with Crippen LogP contribution in [-0.2, 0) is 13.1 Å². The molecule has 0 aliphatic carbocycles. The Hall–Kier alpha value is -2.34. The van der Waals surface area contributed by atoms with Crippen LogP contribution in [0.15, 0.2) is 47.7 Å². The number of aromatic nitrogens is 2. The third kappa shape index (κ3) is 5.22. The number of guanidine groups is 1. The van der Waals surface area contributed by atoms with Crippen LogP contribution in [0.2, 0.25) is 0 Å². The number of hydrogen-bond acceptors (Lipinski definition) is 3. The summed E-state index contributed by atoms with van der Waals surface area (Å²) in [6, 6.07) is 11.6. The number of benzene rings is 1. The molecule has 2 aliphatic rings. The van der Waals surface area contributed by atoms with Crippen molar-refractivity contribution >= 4 is 5.96 Å². The fourth-order valence-electron chi connectivity index (χ4n) is 4.99. The molecule has 2 saturated heterocycles. The van der Waals surface area contributed by atoms with E-state index in [1.807, 2.05) is 10.9 Å². The first-order valence-electron chi connectivity index (χ1n) is 11.5. The van der Waals surface area contributed by atoms with Crippen LogP contribution in [0.5, 0.6) is 0 Å². The van der Waals surface area contributed by atoms with Gasteiger partial charge in [0.05, 0.1) is 19.3 Å². The summed E-state index contributed by atoms with van der Waals surface area (Å²) in [5.41, 5.74) is 2.63. The molecule has 6 nitrogen and oxygen atoms in total. The normalized spacial score (nSPS) is 22.7. The van der Waals surface area contributed by atoms with Crippen molar-refractivity contribution in [3.63, 3.8) is 0 Å². The van der Waals surface area contributed by atoms with Gasteiger partial charge in [-0.3, -0.25) is 14.6 Å². The maximum absolute atomic E-state index is 4.92. The van der Waals surface area contributed by atoms with E-state index in [-0.39, 0.29) is 0 Å². The smallest absolute Gasteiger partial charge is 0.193 e. The second-order valence-corrected chi connectivity index (χ2v) is 8.68. The minimum atomic E-state index is 0.699. The molecule has 4 rings (SSSR count). The Morgan fingerprint density at radius 3 is 2.83 bits per heavy atom. The van der Waals surface area contributed by atoms with E-state index in [2.05, 4.69) is 70.6 Å². The lowest BCUT2D eigenvalue weighted by Crippen LogP contribution is -2.56. The van der Waals surface area contributed by atoms with E-state index >= 15 is 0 Å². The molecule has 162 valence electrons. The highest BCUT2D eigenvalue weighted by Crippen LogP contribution is 2.31. The van der Waals surface area contributed by atoms with Crippen LogP contribution in [0.25, 0.3) is 0 Å². The first-order chi connectivity index (χ1) is 14.7. The zero-order valence-electron chi connectivity index (χ0n) is 18.5. The van der Waals surface area contributed by atoms with E-state index in [9.17, 15) is 0 Å². The molecular formula is C24H36N6. The van der Waals surface area contributed by atoms with Gasteiger partial charge in [-0.15, -0.1) is 0 Å². The lowest BCUT2D eigenvalue weighted by Gasteiger charge is -2.48. The van der Waals surface area contributed by atoms with Crippen LogP contribution >= 0.6 is 0 Å². The van der Waals surface area contributed by atoms with E-state index < -0.39 is 0 Å². The molecular weight excluding hydrogens is 372 g/mol. The summed E-state index contributed by atoms with van der Waals surface area (Å²) in [6.07, 6.45) is 7.84. The number of nitrogens with one attached hydrogen (secondary N) is 1. The molecule has 0 spiro atoms. The van der Waals surface area contributed by atoms with Gasteiger partial charge in [0.15, 0.2) is 5.96 Å². The van der Waals surface area contributed by atoms with Crippen molar-refractivity contribution in [1.29, 1.82) is 0 Å². The predicted molar refractivity (Wildman–Crippen MR) is 122 cm³/mol. The molecule has 2 fully saturated rings. The summed E-state index contributed by atoms with van der Waals surface area (Å²) in [5.74, 6) is 1.80. The van der Waals surface area contributed by atoms with Gasteiger partial charge in [-0.1, -0.05) is 30.3 Å². The number of aliphatic imine (C=N–C) groups is 1. The molecule has 2 aromatic rings. The van der Waals surface area contributed by atoms with E-state index in [4.69, 9.17) is 4.99 Å². The van der Waals surface area contributed by atoms with Crippen LogP contribution < -0.4 is 5.32 Å². The highest BCUT2D eigenvalue weighted by Gasteiger charge is 2.36. The van der Waals surface area contributed by atoms with Gasteiger partial charge in [0.25, 0.3) is 0 Å². The molecule has 0 radical (unpaired) electrons. The minimum Gasteiger partial charge on any atom is -0.357 e. The number of fused-ring (bicyclic) bond motifs is 1. The Balaban J connectivity index is 1.36. The molecule has 1 aromatic heterocycles. The van der Waals surface area contributed by atoms with E-state index in [0.717, 1.165) is 51.1 Å². The Morgan fingerprint density at radius 2 is 2.07 bits per heavy atom. The van der Waals surface area contributed by atoms with E-state index in [1.54, 1.807) is 0 Å². The Labute approximate surface area is 181 Å². The average molecular weight is 409 g/mol. The fourth-order valence-corrected chi connectivity index (χ4v) is 4.99. The van der Waals surface area contributed by atoms with Crippen LogP contribution in [0.4, 0.5) is 0 Å². The standard InChI is InChI=1S/C24H36N6/c1-3-25-24(26-12-15-30-17-20(2)16-27-30)29-14-11-23-22(19-29)10-7-13-28(23)18-21-8-5-4-6-9-21/h4-6,8-9,16-17,22-23H,3,7,10-15,18-19H2,1-2H3,(H,25,26). The molecule has 3 heterocycles. The third-order valence-electron chi connectivity index (χ3n) is 6.40. The molecule has 1 aromatic carbocycles. The second-order valence-electron chi connectivity index (χ2n) is 8.68. The highest BCUT2D eigenvalue weighted by molar-refractivity contribution is 5.80. The summed E-state index contributed by atoms with van der Waals surface area (Å²) in [6.45, 7) is 11.2. The van der Waals surface area contributed by atoms with Gasteiger partial charge >= 0.3 is 0 Å². The zero-order chi connectivity index (χ0) is 20.8. The van der Waals surface area contributed by atoms with Crippen molar-refractivity contribution in [2.75, 3.05) is 32.7 Å². The van der Waals surface area contributed by atoms with Crippen LogP contribution in [0.1, 0.15) is 37.3 Å². The minimum absolute atomic E-state index is 0.699. The van der Waals surface area contributed by atoms with Gasteiger partial charge in [-0.25, -0.2) is 0 Å². The van der Waals surface area contributed by atoms with Crippen molar-refractivity contribution in [2.45, 2.75) is 52.2 Å². The number of piperidine rings is 2. The SMILES string of the molecule is CCNC(=NCCn1cc(C)cn1)N1CCC2C(CCCN2Cc2ccccc2)C1. The molecule has 0 saturated carbocycles. The molecule has 2 atom stereocenters. The monoisotopic (exact) mass is 408 g/mol. The third-order valence-corrected chi connectivity index (χ3v) is 6.40. The second kappa shape index (κ2) is 10.1. The van der Waals surface area contributed by atoms with Gasteiger partial charge < -0.3 is 10.2 Å². The van der Waals surface area contributed by atoms with Crippen LogP contribution in [-0.4, -0.2) is 64.3 Å². The Morgan fingerprint density at radius 1 is 1.20 bits per heavy atom. The highest BCUT2D eigenvalue weighted by atomic mass is 15.3. The van der Waals surface area contributed by atoms with Crippen molar-refractivity contribution in [3.8, 4) is 0 Å². The molecule has 1 N–H and O–H groups in total. The van der Waals surface area contributed by atoms with Crippen LogP contribution in [0.3, 0.4) is 0 Å². The largest absolute Gasteiger partial charge is 0.357 e. The number of rotatable bonds is 6. The van der Waals surface area contributed by atoms with E-state index in [1.165, 1.54) is 36.9 Å². The fraction of sp³-hybridized carbons (Fsp3) is 0.583. The quantitative estimate of drug-likeness (QED) is 0.589. The number of hydrogen-bond donors (Lipinski definition) is 1. The maximum Gasteiger partial charge on any atom is 0.193 e. The molecule has 2 aliphatic heterocycles. The Bertz CT molecular complexity index is 814. The van der Waals surface area contributed by atoms with Gasteiger partial charge in [-0.05, 0) is 56.7 Å². The van der Waals surface area contributed by atoms with Crippen molar-refractivity contribution in [1.82, 2.24) is 24.9 Å². The first-order valence-corrected chi connectivity index (χ1v) is 11.5. The van der Waals surface area contributed by atoms with Gasteiger partial charge in [0.2, 0.25) is 0 Å². The number of aryl methyl sites for hydroxylation is 1. The zero-order valence-corrected chi connectivity index (χ0v) is 18.5. The van der Waals surface area contributed by atoms with Crippen molar-refractivity contribution < 1.29 is 0 Å². The molecule has 6 heteroatoms. The van der Waals surface area contributed by atoms with Gasteiger partial charge in [0, 0.05) is 38.4 Å². The first kappa shape index (κ1) is 20.9. The van der Waals surface area contributed by atoms with Crippen molar-refractivity contribution in [2.24, 2.45) is 10.9 Å². The Kier molecular flexibility index (Phi) is 7.05. The number of likely N-dealkylation sites (tertiary alicyclic amines) is 2. The topological polar surface area (TPSA) is 48.7 Å². The molecule has 0 amide bonds. The molecule has 0 bridgehead atoms. The van der Waals surface area contributed by atoms with Crippen molar-refractivity contribution in [3.05, 3.63) is 53.9 Å². The van der Waals surface area contributed by atoms with Gasteiger partial charge in [-0.2, -0.15) is 5.10 Å². The number of nitrogens with zero attached hydrogens (tertiary/aromatic N) is 5. The molecule has 2 unspecified atom stereocenters. The predicted octanol–water partition coefficient (Wildman–Crippen LogP) is 3.14. The van der Waals surface area contributed by atoms with Gasteiger partial charge in [0.1, 0.15) is 0 Å². The summed E-state index contributed by atoms with van der Waals surface area (Å²) in [7, 11) is 0. The summed E-state index contributed by atoms with van der Waals surface area (Å²) in [5, 5.41) is 7.90. The lowest BCUT2D eigenvalue weighted by molar-refractivity contribution is 0.0372. The maximum atomic E-state index is 4.92. The summed E-state index contributed by atoms with van der Waals surface area (Å²) >= 11 is 0. The van der Waals surface area contributed by atoms with E-state index in [0.29, 0.717) is 6.04 Å².